The molecule has 0 radical (unpaired) electrons. The average Bonchev–Trinajstić information content (AvgIpc) is 3.17. The van der Waals surface area contributed by atoms with Crippen LogP contribution in [0.4, 0.5) is 0 Å². The van der Waals surface area contributed by atoms with Gasteiger partial charge in [0.05, 0.1) is 10.5 Å². The Morgan fingerprint density at radius 2 is 1.80 bits per heavy atom. The molecular weight excluding hydrogens is 358 g/mol. The average molecular weight is 382 g/mol. The molecular formula is C18H23NO4S2. The van der Waals surface area contributed by atoms with Crippen LogP contribution in [0.15, 0.2) is 24.3 Å². The highest BCUT2D eigenvalue weighted by molar-refractivity contribution is 8.19. The predicted molar refractivity (Wildman–Crippen MR) is 101 cm³/mol. The number of amides is 1. The summed E-state index contributed by atoms with van der Waals surface area (Å²) in [6.07, 6.45) is 1.47. The second kappa shape index (κ2) is 8.96. The SMILES string of the molecule is O=C(NCC(C(=O)O)C1CCOCC1)c1ccc(C2SCCS2)cc1. The third-order valence-electron chi connectivity index (χ3n) is 4.70. The fourth-order valence-electron chi connectivity index (χ4n) is 3.22. The minimum atomic E-state index is -0.849. The van der Waals surface area contributed by atoms with Crippen molar-refractivity contribution in [2.75, 3.05) is 31.3 Å². The van der Waals surface area contributed by atoms with Gasteiger partial charge in [-0.1, -0.05) is 12.1 Å². The molecule has 1 atom stereocenters. The largest absolute Gasteiger partial charge is 0.481 e. The molecule has 0 bridgehead atoms. The Bertz CT molecular complexity index is 596. The van der Waals surface area contributed by atoms with E-state index in [-0.39, 0.29) is 18.4 Å². The maximum atomic E-state index is 12.3. The van der Waals surface area contributed by atoms with Crippen molar-refractivity contribution in [1.82, 2.24) is 5.32 Å². The van der Waals surface area contributed by atoms with Gasteiger partial charge in [0.1, 0.15) is 0 Å². The molecule has 1 aromatic rings. The van der Waals surface area contributed by atoms with Crippen LogP contribution in [-0.2, 0) is 9.53 Å². The predicted octanol–water partition coefficient (Wildman–Crippen LogP) is 3.02. The first-order valence-corrected chi connectivity index (χ1v) is 10.7. The quantitative estimate of drug-likeness (QED) is 0.789. The van der Waals surface area contributed by atoms with Gasteiger partial charge in [-0.15, -0.1) is 23.5 Å². The summed E-state index contributed by atoms with van der Waals surface area (Å²) in [6.45, 7) is 1.36. The molecule has 1 aromatic carbocycles. The Balaban J connectivity index is 1.56. The highest BCUT2D eigenvalue weighted by Crippen LogP contribution is 2.45. The molecule has 7 heteroatoms. The number of carboxylic acids is 1. The molecule has 0 aromatic heterocycles. The van der Waals surface area contributed by atoms with Crippen LogP contribution in [0.3, 0.4) is 0 Å². The molecule has 1 amide bonds. The van der Waals surface area contributed by atoms with Crippen LogP contribution in [0, 0.1) is 11.8 Å². The summed E-state index contributed by atoms with van der Waals surface area (Å²) in [7, 11) is 0. The summed E-state index contributed by atoms with van der Waals surface area (Å²) < 4.78 is 5.75. The van der Waals surface area contributed by atoms with E-state index in [4.69, 9.17) is 4.74 Å². The number of thioether (sulfide) groups is 2. The zero-order valence-corrected chi connectivity index (χ0v) is 15.6. The lowest BCUT2D eigenvalue weighted by atomic mass is 9.86. The Morgan fingerprint density at radius 3 is 2.40 bits per heavy atom. The number of hydrogen-bond acceptors (Lipinski definition) is 5. The van der Waals surface area contributed by atoms with Crippen molar-refractivity contribution in [3.8, 4) is 0 Å². The van der Waals surface area contributed by atoms with E-state index in [2.05, 4.69) is 5.32 Å². The lowest BCUT2D eigenvalue weighted by Crippen LogP contribution is -2.39. The minimum Gasteiger partial charge on any atom is -0.481 e. The maximum Gasteiger partial charge on any atom is 0.308 e. The van der Waals surface area contributed by atoms with E-state index in [0.717, 1.165) is 12.8 Å². The lowest BCUT2D eigenvalue weighted by molar-refractivity contribution is -0.144. The highest BCUT2D eigenvalue weighted by atomic mass is 32.2. The Hall–Kier alpha value is -1.18. The fourth-order valence-corrected chi connectivity index (χ4v) is 6.08. The van der Waals surface area contributed by atoms with Gasteiger partial charge in [0.25, 0.3) is 5.91 Å². The Morgan fingerprint density at radius 1 is 1.16 bits per heavy atom. The third-order valence-corrected chi connectivity index (χ3v) is 7.81. The van der Waals surface area contributed by atoms with Crippen LogP contribution in [0.25, 0.3) is 0 Å². The number of carboxylic acid groups (broad SMARTS) is 1. The van der Waals surface area contributed by atoms with Crippen molar-refractivity contribution in [2.24, 2.45) is 11.8 Å². The highest BCUT2D eigenvalue weighted by Gasteiger charge is 2.30. The van der Waals surface area contributed by atoms with Crippen molar-refractivity contribution in [3.05, 3.63) is 35.4 Å². The van der Waals surface area contributed by atoms with Crippen LogP contribution >= 0.6 is 23.5 Å². The van der Waals surface area contributed by atoms with E-state index in [0.29, 0.717) is 23.4 Å². The molecule has 2 saturated heterocycles. The smallest absolute Gasteiger partial charge is 0.308 e. The van der Waals surface area contributed by atoms with Crippen molar-refractivity contribution < 1.29 is 19.4 Å². The number of hydrogen-bond donors (Lipinski definition) is 2. The number of benzene rings is 1. The summed E-state index contributed by atoms with van der Waals surface area (Å²) in [5.41, 5.74) is 1.81. The standard InChI is InChI=1S/C18H23NO4S2/c20-16(13-1-3-14(4-2-13)18-24-9-10-25-18)19-11-15(17(21)22)12-5-7-23-8-6-12/h1-4,12,15,18H,5-11H2,(H,19,20)(H,21,22). The van der Waals surface area contributed by atoms with Crippen molar-refractivity contribution in [1.29, 1.82) is 0 Å². The zero-order valence-electron chi connectivity index (χ0n) is 14.0. The number of carbonyl (C=O) groups is 2. The fraction of sp³-hybridized carbons (Fsp3) is 0.556. The van der Waals surface area contributed by atoms with Crippen LogP contribution in [-0.4, -0.2) is 48.2 Å². The molecule has 2 aliphatic heterocycles. The summed E-state index contributed by atoms with van der Waals surface area (Å²) in [4.78, 5) is 23.9. The van der Waals surface area contributed by atoms with Gasteiger partial charge in [-0.05, 0) is 36.5 Å². The molecule has 0 spiro atoms. The molecule has 2 N–H and O–H groups in total. The lowest BCUT2D eigenvalue weighted by Gasteiger charge is -2.27. The molecule has 0 aliphatic carbocycles. The summed E-state index contributed by atoms with van der Waals surface area (Å²) >= 11 is 3.86. The van der Waals surface area contributed by atoms with Gasteiger partial charge in [0.2, 0.25) is 0 Å². The number of aliphatic carboxylic acids is 1. The van der Waals surface area contributed by atoms with Crippen LogP contribution in [0.1, 0.15) is 33.3 Å². The zero-order chi connectivity index (χ0) is 17.6. The van der Waals surface area contributed by atoms with Crippen LogP contribution in [0.2, 0.25) is 0 Å². The number of nitrogens with one attached hydrogen (secondary N) is 1. The van der Waals surface area contributed by atoms with Crippen LogP contribution in [0.5, 0.6) is 0 Å². The van der Waals surface area contributed by atoms with Crippen molar-refractivity contribution in [2.45, 2.75) is 17.4 Å². The van der Waals surface area contributed by atoms with Gasteiger partial charge in [-0.3, -0.25) is 9.59 Å². The second-order valence-electron chi connectivity index (χ2n) is 6.30. The van der Waals surface area contributed by atoms with Gasteiger partial charge in [-0.25, -0.2) is 0 Å². The van der Waals surface area contributed by atoms with Crippen LogP contribution < -0.4 is 5.32 Å². The van der Waals surface area contributed by atoms with E-state index in [1.54, 1.807) is 0 Å². The minimum absolute atomic E-state index is 0.0605. The Kier molecular flexibility index (Phi) is 6.67. The summed E-state index contributed by atoms with van der Waals surface area (Å²) in [5.74, 6) is 0.777. The van der Waals surface area contributed by atoms with Gasteiger partial charge >= 0.3 is 5.97 Å². The molecule has 2 fully saturated rings. The molecule has 136 valence electrons. The molecule has 25 heavy (non-hydrogen) atoms. The van der Waals surface area contributed by atoms with Gasteiger partial charge in [0.15, 0.2) is 0 Å². The molecule has 2 aliphatic rings. The van der Waals surface area contributed by atoms with E-state index in [9.17, 15) is 14.7 Å². The number of rotatable bonds is 6. The van der Waals surface area contributed by atoms with Gasteiger partial charge in [0, 0.05) is 36.8 Å². The first-order valence-electron chi connectivity index (χ1n) is 8.57. The van der Waals surface area contributed by atoms with E-state index < -0.39 is 11.9 Å². The first-order chi connectivity index (χ1) is 12.1. The maximum absolute atomic E-state index is 12.3. The van der Waals surface area contributed by atoms with Gasteiger partial charge in [-0.2, -0.15) is 0 Å². The van der Waals surface area contributed by atoms with E-state index in [1.807, 2.05) is 47.8 Å². The molecule has 3 rings (SSSR count). The topological polar surface area (TPSA) is 75.6 Å². The first kappa shape index (κ1) is 18.6. The van der Waals surface area contributed by atoms with Gasteiger partial charge < -0.3 is 15.2 Å². The molecule has 1 unspecified atom stereocenters. The van der Waals surface area contributed by atoms with Crippen molar-refractivity contribution >= 4 is 35.4 Å². The third kappa shape index (κ3) is 4.92. The summed E-state index contributed by atoms with van der Waals surface area (Å²) in [5, 5.41) is 12.3. The summed E-state index contributed by atoms with van der Waals surface area (Å²) in [6, 6.07) is 7.65. The molecule has 0 saturated carbocycles. The van der Waals surface area contributed by atoms with E-state index >= 15 is 0 Å². The van der Waals surface area contributed by atoms with E-state index in [1.165, 1.54) is 17.1 Å². The molecule has 2 heterocycles. The van der Waals surface area contributed by atoms with Crippen molar-refractivity contribution in [3.63, 3.8) is 0 Å². The Labute approximate surface area is 156 Å². The number of carbonyl (C=O) groups excluding carboxylic acids is 1. The monoisotopic (exact) mass is 381 g/mol. The second-order valence-corrected chi connectivity index (χ2v) is 9.02. The normalized spacial score (nSPS) is 20.3. The number of ether oxygens (including phenoxy) is 1. The molecule has 5 nitrogen and oxygen atoms in total.